The molecule has 0 bridgehead atoms. The normalized spacial score (nSPS) is 24.6. The summed E-state index contributed by atoms with van der Waals surface area (Å²) in [5.74, 6) is 0.595. The highest BCUT2D eigenvalue weighted by Crippen LogP contribution is 2.26. The molecule has 3 aliphatic rings. The Labute approximate surface area is 161 Å². The first-order chi connectivity index (χ1) is 13.2. The number of amides is 2. The van der Waals surface area contributed by atoms with Crippen molar-refractivity contribution in [3.63, 3.8) is 0 Å². The number of carbonyl (C=O) groups excluding carboxylic acids is 2. The van der Waals surface area contributed by atoms with Crippen LogP contribution in [0.5, 0.6) is 0 Å². The SMILES string of the molecule is O=C(NC1CC1)[C@@H]1CCCN(C2CCN(C(=O)Cc3cccnc3)CC2)C1. The van der Waals surface area contributed by atoms with Crippen molar-refractivity contribution in [3.05, 3.63) is 30.1 Å². The first-order valence-electron chi connectivity index (χ1n) is 10.4. The van der Waals surface area contributed by atoms with Crippen LogP contribution in [0.2, 0.25) is 0 Å². The monoisotopic (exact) mass is 370 g/mol. The summed E-state index contributed by atoms with van der Waals surface area (Å²) in [6.07, 6.45) is 10.4. The average molecular weight is 370 g/mol. The topological polar surface area (TPSA) is 65.5 Å². The maximum Gasteiger partial charge on any atom is 0.227 e. The van der Waals surface area contributed by atoms with Crippen LogP contribution in [0.25, 0.3) is 0 Å². The summed E-state index contributed by atoms with van der Waals surface area (Å²) in [5.41, 5.74) is 0.977. The van der Waals surface area contributed by atoms with E-state index in [2.05, 4.69) is 15.2 Å². The van der Waals surface area contributed by atoms with E-state index < -0.39 is 0 Å². The molecule has 4 rings (SSSR count). The molecule has 2 saturated heterocycles. The van der Waals surface area contributed by atoms with Gasteiger partial charge in [0, 0.05) is 44.1 Å². The Morgan fingerprint density at radius 1 is 1.11 bits per heavy atom. The van der Waals surface area contributed by atoms with Crippen molar-refractivity contribution < 1.29 is 9.59 Å². The quantitative estimate of drug-likeness (QED) is 0.855. The molecular weight excluding hydrogens is 340 g/mol. The zero-order valence-electron chi connectivity index (χ0n) is 16.0. The molecule has 1 atom stereocenters. The van der Waals surface area contributed by atoms with Crippen LogP contribution in [0, 0.1) is 5.92 Å². The number of hydrogen-bond acceptors (Lipinski definition) is 4. The van der Waals surface area contributed by atoms with Crippen LogP contribution in [0.3, 0.4) is 0 Å². The van der Waals surface area contributed by atoms with Gasteiger partial charge < -0.3 is 10.2 Å². The van der Waals surface area contributed by atoms with Crippen molar-refractivity contribution in [3.8, 4) is 0 Å². The number of nitrogens with one attached hydrogen (secondary N) is 1. The van der Waals surface area contributed by atoms with Crippen molar-refractivity contribution in [2.75, 3.05) is 26.2 Å². The zero-order valence-corrected chi connectivity index (χ0v) is 16.0. The molecule has 2 aliphatic heterocycles. The summed E-state index contributed by atoms with van der Waals surface area (Å²) in [6.45, 7) is 3.60. The van der Waals surface area contributed by atoms with E-state index in [1.54, 1.807) is 12.4 Å². The van der Waals surface area contributed by atoms with Gasteiger partial charge >= 0.3 is 0 Å². The first-order valence-corrected chi connectivity index (χ1v) is 10.4. The summed E-state index contributed by atoms with van der Waals surface area (Å²) in [4.78, 5) is 33.5. The van der Waals surface area contributed by atoms with E-state index in [0.29, 0.717) is 18.5 Å². The van der Waals surface area contributed by atoms with Crippen molar-refractivity contribution >= 4 is 11.8 Å². The summed E-state index contributed by atoms with van der Waals surface area (Å²) in [5, 5.41) is 3.17. The Morgan fingerprint density at radius 3 is 2.63 bits per heavy atom. The number of aromatic nitrogens is 1. The predicted molar refractivity (Wildman–Crippen MR) is 103 cm³/mol. The second kappa shape index (κ2) is 8.38. The molecule has 0 spiro atoms. The predicted octanol–water partition coefficient (Wildman–Crippen LogP) is 1.61. The summed E-state index contributed by atoms with van der Waals surface area (Å²) in [7, 11) is 0. The first kappa shape index (κ1) is 18.4. The minimum atomic E-state index is 0.143. The summed E-state index contributed by atoms with van der Waals surface area (Å²) < 4.78 is 0. The second-order valence-corrected chi connectivity index (χ2v) is 8.27. The molecule has 1 N–H and O–H groups in total. The third-order valence-corrected chi connectivity index (χ3v) is 6.16. The fraction of sp³-hybridized carbons (Fsp3) is 0.667. The Morgan fingerprint density at radius 2 is 1.93 bits per heavy atom. The molecule has 6 nitrogen and oxygen atoms in total. The highest BCUT2D eigenvalue weighted by atomic mass is 16.2. The minimum Gasteiger partial charge on any atom is -0.353 e. The van der Waals surface area contributed by atoms with Crippen LogP contribution < -0.4 is 5.32 Å². The van der Waals surface area contributed by atoms with E-state index >= 15 is 0 Å². The van der Waals surface area contributed by atoms with Gasteiger partial charge in [-0.1, -0.05) is 6.07 Å². The molecule has 27 heavy (non-hydrogen) atoms. The van der Waals surface area contributed by atoms with Crippen LogP contribution >= 0.6 is 0 Å². The van der Waals surface area contributed by atoms with Gasteiger partial charge in [0.05, 0.1) is 12.3 Å². The average Bonchev–Trinajstić information content (AvgIpc) is 3.53. The Bertz CT molecular complexity index is 653. The van der Waals surface area contributed by atoms with E-state index in [-0.39, 0.29) is 17.7 Å². The highest BCUT2D eigenvalue weighted by Gasteiger charge is 2.34. The van der Waals surface area contributed by atoms with Gasteiger partial charge in [-0.05, 0) is 56.7 Å². The lowest BCUT2D eigenvalue weighted by atomic mass is 9.93. The molecule has 0 aromatic carbocycles. The summed E-state index contributed by atoms with van der Waals surface area (Å²) >= 11 is 0. The van der Waals surface area contributed by atoms with Gasteiger partial charge in [-0.25, -0.2) is 0 Å². The van der Waals surface area contributed by atoms with Crippen LogP contribution in [0.4, 0.5) is 0 Å². The number of rotatable bonds is 5. The van der Waals surface area contributed by atoms with Crippen molar-refractivity contribution in [2.45, 2.75) is 57.0 Å². The summed E-state index contributed by atoms with van der Waals surface area (Å²) in [6, 6.07) is 4.78. The number of piperidine rings is 2. The van der Waals surface area contributed by atoms with E-state index in [1.807, 2.05) is 17.0 Å². The van der Waals surface area contributed by atoms with Gasteiger partial charge in [-0.15, -0.1) is 0 Å². The van der Waals surface area contributed by atoms with Crippen molar-refractivity contribution in [2.24, 2.45) is 5.92 Å². The number of likely N-dealkylation sites (tertiary alicyclic amines) is 2. The number of pyridine rings is 1. The van der Waals surface area contributed by atoms with Gasteiger partial charge in [0.1, 0.15) is 0 Å². The Hall–Kier alpha value is -1.95. The van der Waals surface area contributed by atoms with Gasteiger partial charge in [0.15, 0.2) is 0 Å². The molecule has 1 saturated carbocycles. The highest BCUT2D eigenvalue weighted by molar-refractivity contribution is 5.79. The van der Waals surface area contributed by atoms with E-state index in [1.165, 1.54) is 0 Å². The number of hydrogen-bond donors (Lipinski definition) is 1. The molecule has 3 heterocycles. The molecular formula is C21H30N4O2. The van der Waals surface area contributed by atoms with Crippen LogP contribution in [-0.2, 0) is 16.0 Å². The maximum absolute atomic E-state index is 12.5. The lowest BCUT2D eigenvalue weighted by Gasteiger charge is -2.42. The standard InChI is InChI=1S/C21H30N4O2/c26-20(13-16-3-1-9-22-14-16)24-11-7-19(8-12-24)25-10-2-4-17(15-25)21(27)23-18-5-6-18/h1,3,9,14,17-19H,2,4-8,10-13,15H2,(H,23,27)/t17-/m1/s1. The number of nitrogens with zero attached hydrogens (tertiary/aromatic N) is 3. The van der Waals surface area contributed by atoms with Crippen LogP contribution in [0.1, 0.15) is 44.1 Å². The zero-order chi connectivity index (χ0) is 18.6. The Balaban J connectivity index is 1.24. The van der Waals surface area contributed by atoms with E-state index in [0.717, 1.165) is 70.3 Å². The maximum atomic E-state index is 12.5. The Kier molecular flexibility index (Phi) is 5.72. The molecule has 146 valence electrons. The van der Waals surface area contributed by atoms with Gasteiger partial charge in [0.2, 0.25) is 11.8 Å². The lowest BCUT2D eigenvalue weighted by molar-refractivity contribution is -0.132. The van der Waals surface area contributed by atoms with E-state index in [9.17, 15) is 9.59 Å². The van der Waals surface area contributed by atoms with E-state index in [4.69, 9.17) is 0 Å². The smallest absolute Gasteiger partial charge is 0.227 e. The van der Waals surface area contributed by atoms with Gasteiger partial charge in [-0.3, -0.25) is 19.5 Å². The fourth-order valence-corrected chi connectivity index (χ4v) is 4.37. The number of carbonyl (C=O) groups is 2. The second-order valence-electron chi connectivity index (χ2n) is 8.27. The third kappa shape index (κ3) is 4.86. The minimum absolute atomic E-state index is 0.143. The van der Waals surface area contributed by atoms with Crippen LogP contribution in [-0.4, -0.2) is 64.9 Å². The largest absolute Gasteiger partial charge is 0.353 e. The van der Waals surface area contributed by atoms with Gasteiger partial charge in [0.25, 0.3) is 0 Å². The molecule has 0 radical (unpaired) electrons. The lowest BCUT2D eigenvalue weighted by Crippen LogP contribution is -2.51. The fourth-order valence-electron chi connectivity index (χ4n) is 4.37. The molecule has 1 aliphatic carbocycles. The van der Waals surface area contributed by atoms with Crippen LogP contribution in [0.15, 0.2) is 24.5 Å². The molecule has 2 amide bonds. The molecule has 3 fully saturated rings. The third-order valence-electron chi connectivity index (χ3n) is 6.16. The van der Waals surface area contributed by atoms with Crippen molar-refractivity contribution in [1.82, 2.24) is 20.1 Å². The van der Waals surface area contributed by atoms with Crippen molar-refractivity contribution in [1.29, 1.82) is 0 Å². The molecule has 0 unspecified atom stereocenters. The molecule has 1 aromatic rings. The van der Waals surface area contributed by atoms with Gasteiger partial charge in [-0.2, -0.15) is 0 Å². The molecule has 6 heteroatoms. The molecule has 1 aromatic heterocycles.